The van der Waals surface area contributed by atoms with E-state index in [2.05, 4.69) is 10.4 Å². The van der Waals surface area contributed by atoms with Crippen molar-refractivity contribution >= 4 is 11.6 Å². The average molecular weight is 379 g/mol. The highest BCUT2D eigenvalue weighted by molar-refractivity contribution is 6.05. The third kappa shape index (κ3) is 4.17. The molecule has 1 amide bonds. The molecule has 3 aromatic rings. The van der Waals surface area contributed by atoms with Crippen LogP contribution in [0.3, 0.4) is 0 Å². The number of aryl methyl sites for hydroxylation is 2. The topological polar surface area (TPSA) is 65.4 Å². The fourth-order valence-corrected chi connectivity index (χ4v) is 3.02. The maximum absolute atomic E-state index is 12.9. The number of rotatable bonds is 7. The lowest BCUT2D eigenvalue weighted by atomic mass is 10.1. The highest BCUT2D eigenvalue weighted by atomic mass is 16.5. The molecule has 0 aliphatic rings. The van der Waals surface area contributed by atoms with Gasteiger partial charge in [0.15, 0.2) is 11.5 Å². The fraction of sp³-hybridized carbons (Fsp3) is 0.273. The third-order valence-corrected chi connectivity index (χ3v) is 4.20. The summed E-state index contributed by atoms with van der Waals surface area (Å²) in [5.41, 5.74) is 3.92. The van der Waals surface area contributed by atoms with Crippen molar-refractivity contribution in [3.05, 3.63) is 65.5 Å². The number of anilines is 1. The minimum atomic E-state index is -0.224. The van der Waals surface area contributed by atoms with Crippen LogP contribution in [0.2, 0.25) is 0 Å². The highest BCUT2D eigenvalue weighted by Gasteiger charge is 2.15. The lowest BCUT2D eigenvalue weighted by Crippen LogP contribution is -2.15. The Hall–Kier alpha value is -3.28. The van der Waals surface area contributed by atoms with Gasteiger partial charge >= 0.3 is 0 Å². The van der Waals surface area contributed by atoms with E-state index in [9.17, 15) is 4.79 Å². The summed E-state index contributed by atoms with van der Waals surface area (Å²) in [4.78, 5) is 12.9. The number of amides is 1. The van der Waals surface area contributed by atoms with E-state index in [1.165, 1.54) is 0 Å². The molecule has 2 aromatic carbocycles. The summed E-state index contributed by atoms with van der Waals surface area (Å²) in [6.45, 7) is 8.76. The molecular weight excluding hydrogens is 354 g/mol. The van der Waals surface area contributed by atoms with Gasteiger partial charge in [-0.3, -0.25) is 4.79 Å². The van der Waals surface area contributed by atoms with Gasteiger partial charge in [-0.15, -0.1) is 0 Å². The van der Waals surface area contributed by atoms with Crippen molar-refractivity contribution in [1.29, 1.82) is 0 Å². The quantitative estimate of drug-likeness (QED) is 0.655. The number of carbonyl (C=O) groups is 1. The Balaban J connectivity index is 1.90. The summed E-state index contributed by atoms with van der Waals surface area (Å²) >= 11 is 0. The van der Waals surface area contributed by atoms with Gasteiger partial charge in [0.05, 0.1) is 30.3 Å². The monoisotopic (exact) mass is 379 g/mol. The van der Waals surface area contributed by atoms with E-state index >= 15 is 0 Å². The number of hydrogen-bond donors (Lipinski definition) is 1. The van der Waals surface area contributed by atoms with Gasteiger partial charge in [-0.2, -0.15) is 5.10 Å². The molecule has 1 heterocycles. The number of para-hydroxylation sites is 2. The van der Waals surface area contributed by atoms with Crippen LogP contribution in [0.4, 0.5) is 5.69 Å². The molecule has 0 atom stereocenters. The van der Waals surface area contributed by atoms with Crippen LogP contribution >= 0.6 is 0 Å². The molecule has 0 saturated carbocycles. The zero-order valence-electron chi connectivity index (χ0n) is 16.7. The summed E-state index contributed by atoms with van der Waals surface area (Å²) in [6.07, 6.45) is 0. The highest BCUT2D eigenvalue weighted by Crippen LogP contribution is 2.29. The fourth-order valence-electron chi connectivity index (χ4n) is 3.02. The second-order valence-electron chi connectivity index (χ2n) is 6.34. The summed E-state index contributed by atoms with van der Waals surface area (Å²) < 4.78 is 13.0. The Labute approximate surface area is 165 Å². The molecule has 0 fully saturated rings. The number of nitrogens with one attached hydrogen (secondary N) is 1. The van der Waals surface area contributed by atoms with E-state index in [-0.39, 0.29) is 5.91 Å². The Morgan fingerprint density at radius 3 is 2.39 bits per heavy atom. The van der Waals surface area contributed by atoms with Gasteiger partial charge in [0, 0.05) is 11.3 Å². The molecule has 0 aliphatic carbocycles. The van der Waals surface area contributed by atoms with E-state index in [1.807, 2.05) is 62.7 Å². The van der Waals surface area contributed by atoms with Crippen molar-refractivity contribution < 1.29 is 14.3 Å². The Bertz CT molecular complexity index is 979. The molecule has 1 N–H and O–H groups in total. The van der Waals surface area contributed by atoms with E-state index in [4.69, 9.17) is 9.47 Å². The SMILES string of the molecule is CCOc1ccc(C(=O)Nc2ccccc2-n2nc(C)cc2C)cc1OCC. The van der Waals surface area contributed by atoms with Gasteiger partial charge in [-0.1, -0.05) is 12.1 Å². The van der Waals surface area contributed by atoms with E-state index in [0.717, 1.165) is 17.1 Å². The van der Waals surface area contributed by atoms with Gasteiger partial charge in [0.1, 0.15) is 0 Å². The summed E-state index contributed by atoms with van der Waals surface area (Å²) in [5, 5.41) is 7.51. The lowest BCUT2D eigenvalue weighted by molar-refractivity contribution is 0.102. The van der Waals surface area contributed by atoms with Crippen LogP contribution in [0.25, 0.3) is 5.69 Å². The number of benzene rings is 2. The molecule has 0 aliphatic heterocycles. The first-order chi connectivity index (χ1) is 13.5. The minimum Gasteiger partial charge on any atom is -0.490 e. The van der Waals surface area contributed by atoms with E-state index in [0.29, 0.717) is 36.0 Å². The standard InChI is InChI=1S/C22H25N3O3/c1-5-27-20-12-11-17(14-21(20)28-6-2)22(26)23-18-9-7-8-10-19(18)25-16(4)13-15(3)24-25/h7-14H,5-6H2,1-4H3,(H,23,26). The largest absolute Gasteiger partial charge is 0.490 e. The predicted octanol–water partition coefficient (Wildman–Crippen LogP) is 4.54. The van der Waals surface area contributed by atoms with Crippen molar-refractivity contribution in [3.63, 3.8) is 0 Å². The number of ether oxygens (including phenoxy) is 2. The maximum atomic E-state index is 12.9. The number of nitrogens with zero attached hydrogens (tertiary/aromatic N) is 2. The molecule has 1 aromatic heterocycles. The zero-order chi connectivity index (χ0) is 20.1. The van der Waals surface area contributed by atoms with Crippen molar-refractivity contribution in [2.45, 2.75) is 27.7 Å². The van der Waals surface area contributed by atoms with Crippen LogP contribution in [0.1, 0.15) is 35.6 Å². The van der Waals surface area contributed by atoms with Crippen LogP contribution in [-0.4, -0.2) is 28.9 Å². The molecule has 0 bridgehead atoms. The molecule has 146 valence electrons. The molecule has 0 spiro atoms. The zero-order valence-corrected chi connectivity index (χ0v) is 16.7. The van der Waals surface area contributed by atoms with Gasteiger partial charge in [-0.25, -0.2) is 4.68 Å². The van der Waals surface area contributed by atoms with Gasteiger partial charge in [0.2, 0.25) is 0 Å². The number of hydrogen-bond acceptors (Lipinski definition) is 4. The van der Waals surface area contributed by atoms with Crippen molar-refractivity contribution in [1.82, 2.24) is 9.78 Å². The van der Waals surface area contributed by atoms with Crippen LogP contribution < -0.4 is 14.8 Å². The molecule has 6 heteroatoms. The average Bonchev–Trinajstić information content (AvgIpc) is 3.02. The lowest BCUT2D eigenvalue weighted by Gasteiger charge is -2.14. The van der Waals surface area contributed by atoms with Crippen LogP contribution in [0, 0.1) is 13.8 Å². The van der Waals surface area contributed by atoms with E-state index in [1.54, 1.807) is 18.2 Å². The molecule has 0 radical (unpaired) electrons. The van der Waals surface area contributed by atoms with Crippen molar-refractivity contribution in [3.8, 4) is 17.2 Å². The van der Waals surface area contributed by atoms with Gasteiger partial charge in [0.25, 0.3) is 5.91 Å². The number of carbonyl (C=O) groups excluding carboxylic acids is 1. The summed E-state index contributed by atoms with van der Waals surface area (Å²) in [6, 6.07) is 14.8. The Morgan fingerprint density at radius 2 is 1.71 bits per heavy atom. The first-order valence-corrected chi connectivity index (χ1v) is 9.37. The summed E-state index contributed by atoms with van der Waals surface area (Å²) in [7, 11) is 0. The predicted molar refractivity (Wildman–Crippen MR) is 110 cm³/mol. The second-order valence-corrected chi connectivity index (χ2v) is 6.34. The normalized spacial score (nSPS) is 10.6. The van der Waals surface area contributed by atoms with Crippen molar-refractivity contribution in [2.75, 3.05) is 18.5 Å². The molecule has 0 saturated heterocycles. The Morgan fingerprint density at radius 1 is 1.00 bits per heavy atom. The molecule has 0 unspecified atom stereocenters. The van der Waals surface area contributed by atoms with Crippen LogP contribution in [-0.2, 0) is 0 Å². The van der Waals surface area contributed by atoms with Gasteiger partial charge in [-0.05, 0) is 64.1 Å². The van der Waals surface area contributed by atoms with E-state index < -0.39 is 0 Å². The molecule has 28 heavy (non-hydrogen) atoms. The third-order valence-electron chi connectivity index (χ3n) is 4.20. The summed E-state index contributed by atoms with van der Waals surface area (Å²) in [5.74, 6) is 0.964. The van der Waals surface area contributed by atoms with Crippen LogP contribution in [0.5, 0.6) is 11.5 Å². The Kier molecular flexibility index (Phi) is 5.99. The second kappa shape index (κ2) is 8.61. The number of aromatic nitrogens is 2. The molecule has 6 nitrogen and oxygen atoms in total. The smallest absolute Gasteiger partial charge is 0.255 e. The first kappa shape index (κ1) is 19.5. The van der Waals surface area contributed by atoms with Crippen molar-refractivity contribution in [2.24, 2.45) is 0 Å². The van der Waals surface area contributed by atoms with Crippen LogP contribution in [0.15, 0.2) is 48.5 Å². The maximum Gasteiger partial charge on any atom is 0.255 e. The first-order valence-electron chi connectivity index (χ1n) is 9.37. The minimum absolute atomic E-state index is 0.224. The van der Waals surface area contributed by atoms with Gasteiger partial charge < -0.3 is 14.8 Å². The molecule has 3 rings (SSSR count). The molecular formula is C22H25N3O3.